The normalized spacial score (nSPS) is 9.89. The Kier molecular flexibility index (Phi) is 15.1. The van der Waals surface area contributed by atoms with Crippen LogP contribution in [0, 0.1) is 5.41 Å². The van der Waals surface area contributed by atoms with Crippen LogP contribution in [0.3, 0.4) is 0 Å². The van der Waals surface area contributed by atoms with Gasteiger partial charge in [-0.3, -0.25) is 5.41 Å². The van der Waals surface area contributed by atoms with E-state index in [-0.39, 0.29) is 17.5 Å². The summed E-state index contributed by atoms with van der Waals surface area (Å²) in [5.41, 5.74) is 9.51. The zero-order valence-corrected chi connectivity index (χ0v) is 16.9. The number of hydrogen-bond acceptors (Lipinski definition) is 4. The van der Waals surface area contributed by atoms with Gasteiger partial charge in [0.15, 0.2) is 5.96 Å². The molecule has 0 saturated carbocycles. The molecule has 1 aromatic carbocycles. The lowest BCUT2D eigenvalue weighted by atomic mass is 10.1. The minimum Gasteiger partial charge on any atom is -0.478 e. The number of carbonyl (C=O) groups excluding carboxylic acids is 1. The van der Waals surface area contributed by atoms with E-state index >= 15 is 0 Å². The first-order valence-electron chi connectivity index (χ1n) is 9.98. The second-order valence-electron chi connectivity index (χ2n) is 6.66. The van der Waals surface area contributed by atoms with E-state index in [1.807, 2.05) is 0 Å². The first-order valence-corrected chi connectivity index (χ1v) is 9.98. The number of rotatable bonds is 13. The van der Waals surface area contributed by atoms with E-state index in [9.17, 15) is 9.59 Å². The molecule has 0 fully saturated rings. The van der Waals surface area contributed by atoms with E-state index in [0.29, 0.717) is 12.2 Å². The summed E-state index contributed by atoms with van der Waals surface area (Å²) in [5.74, 6) is -1.72. The average Bonchev–Trinajstić information content (AvgIpc) is 2.65. The van der Waals surface area contributed by atoms with Gasteiger partial charge in [0.05, 0.1) is 17.7 Å². The standard InChI is InChI=1S/C20H30O4.CH5N3/c1-2-3-4-5-6-7-8-9-10-11-16-24-20(23)18-14-12-17(13-15-18)19(21)22;2-1(3)4/h12-15H,2-11,16H2,1H3,(H,21,22);(H5,2,3,4). The number of nitrogens with two attached hydrogens (primary N) is 2. The second kappa shape index (κ2) is 16.6. The van der Waals surface area contributed by atoms with Crippen LogP contribution in [0.4, 0.5) is 0 Å². The lowest BCUT2D eigenvalue weighted by Crippen LogP contribution is -2.20. The summed E-state index contributed by atoms with van der Waals surface area (Å²) in [4.78, 5) is 22.6. The predicted molar refractivity (Wildman–Crippen MR) is 112 cm³/mol. The molecule has 0 aliphatic rings. The molecule has 6 N–H and O–H groups in total. The molecule has 28 heavy (non-hydrogen) atoms. The number of hydrogen-bond donors (Lipinski definition) is 4. The van der Waals surface area contributed by atoms with Crippen LogP contribution < -0.4 is 11.5 Å². The molecular formula is C21H35N3O4. The fraction of sp³-hybridized carbons (Fsp3) is 0.571. The number of carboxylic acids is 1. The zero-order chi connectivity index (χ0) is 21.2. The fourth-order valence-corrected chi connectivity index (χ4v) is 2.59. The van der Waals surface area contributed by atoms with E-state index in [1.165, 1.54) is 75.6 Å². The van der Waals surface area contributed by atoms with Gasteiger partial charge in [0.1, 0.15) is 0 Å². The van der Waals surface area contributed by atoms with Gasteiger partial charge in [-0.15, -0.1) is 0 Å². The van der Waals surface area contributed by atoms with Crippen LogP contribution in [0.15, 0.2) is 24.3 Å². The number of ether oxygens (including phenoxy) is 1. The molecule has 0 aliphatic heterocycles. The van der Waals surface area contributed by atoms with Gasteiger partial charge in [-0.2, -0.15) is 0 Å². The van der Waals surface area contributed by atoms with E-state index in [1.54, 1.807) is 0 Å². The van der Waals surface area contributed by atoms with E-state index in [4.69, 9.17) is 15.3 Å². The van der Waals surface area contributed by atoms with E-state index in [2.05, 4.69) is 18.4 Å². The molecule has 0 spiro atoms. The molecule has 0 heterocycles. The smallest absolute Gasteiger partial charge is 0.338 e. The lowest BCUT2D eigenvalue weighted by Gasteiger charge is -2.05. The third-order valence-corrected chi connectivity index (χ3v) is 4.10. The highest BCUT2D eigenvalue weighted by Gasteiger charge is 2.08. The van der Waals surface area contributed by atoms with Gasteiger partial charge >= 0.3 is 11.9 Å². The van der Waals surface area contributed by atoms with Crippen LogP contribution in [-0.4, -0.2) is 29.6 Å². The highest BCUT2D eigenvalue weighted by molar-refractivity contribution is 5.92. The number of aromatic carboxylic acids is 1. The first kappa shape index (κ1) is 25.4. The average molecular weight is 394 g/mol. The van der Waals surface area contributed by atoms with Gasteiger partial charge in [0.2, 0.25) is 0 Å². The molecule has 0 atom stereocenters. The van der Waals surface area contributed by atoms with E-state index in [0.717, 1.165) is 12.8 Å². The Hall–Kier alpha value is -2.57. The lowest BCUT2D eigenvalue weighted by molar-refractivity contribution is 0.0496. The number of guanidine groups is 1. The quantitative estimate of drug-likeness (QED) is 0.170. The third kappa shape index (κ3) is 14.6. The highest BCUT2D eigenvalue weighted by atomic mass is 16.5. The maximum Gasteiger partial charge on any atom is 0.338 e. The molecule has 0 aliphatic carbocycles. The molecule has 0 unspecified atom stereocenters. The van der Waals surface area contributed by atoms with Gasteiger partial charge in [-0.05, 0) is 30.7 Å². The molecule has 1 aromatic rings. The molecule has 7 heteroatoms. The summed E-state index contributed by atoms with van der Waals surface area (Å²) in [5, 5.41) is 14.9. The fourth-order valence-electron chi connectivity index (χ4n) is 2.59. The molecule has 0 bridgehead atoms. The van der Waals surface area contributed by atoms with Crippen molar-refractivity contribution in [2.75, 3.05) is 6.61 Å². The van der Waals surface area contributed by atoms with Crippen molar-refractivity contribution in [1.82, 2.24) is 0 Å². The minimum atomic E-state index is -1.000. The summed E-state index contributed by atoms with van der Waals surface area (Å²) in [6.45, 7) is 2.66. The summed E-state index contributed by atoms with van der Waals surface area (Å²) < 4.78 is 5.21. The molecule has 1 rings (SSSR count). The Morgan fingerprint density at radius 2 is 1.25 bits per heavy atom. The van der Waals surface area contributed by atoms with Gasteiger partial charge in [-0.1, -0.05) is 64.7 Å². The predicted octanol–water partition coefficient (Wildman–Crippen LogP) is 4.30. The Morgan fingerprint density at radius 3 is 1.68 bits per heavy atom. The van der Waals surface area contributed by atoms with Crippen LogP contribution in [0.2, 0.25) is 0 Å². The maximum absolute atomic E-state index is 11.8. The third-order valence-electron chi connectivity index (χ3n) is 4.10. The number of benzene rings is 1. The van der Waals surface area contributed by atoms with Crippen molar-refractivity contribution >= 4 is 17.9 Å². The van der Waals surface area contributed by atoms with Crippen LogP contribution in [0.5, 0.6) is 0 Å². The summed E-state index contributed by atoms with van der Waals surface area (Å²) in [6, 6.07) is 5.81. The number of carbonyl (C=O) groups is 2. The second-order valence-corrected chi connectivity index (χ2v) is 6.66. The summed E-state index contributed by atoms with van der Waals surface area (Å²) in [6.07, 6.45) is 12.4. The molecule has 158 valence electrons. The van der Waals surface area contributed by atoms with Crippen molar-refractivity contribution in [3.8, 4) is 0 Å². The minimum absolute atomic E-state index is 0.168. The topological polar surface area (TPSA) is 139 Å². The monoisotopic (exact) mass is 393 g/mol. The summed E-state index contributed by atoms with van der Waals surface area (Å²) in [7, 11) is 0. The van der Waals surface area contributed by atoms with Crippen molar-refractivity contribution in [1.29, 1.82) is 5.41 Å². The number of carboxylic acid groups (broad SMARTS) is 1. The molecule has 0 saturated heterocycles. The Labute approximate surface area is 168 Å². The van der Waals surface area contributed by atoms with E-state index < -0.39 is 5.97 Å². The van der Waals surface area contributed by atoms with Crippen molar-refractivity contribution in [2.45, 2.75) is 71.1 Å². The van der Waals surface area contributed by atoms with Crippen LogP contribution in [0.25, 0.3) is 0 Å². The Balaban J connectivity index is 0.00000165. The van der Waals surface area contributed by atoms with Gasteiger partial charge in [-0.25, -0.2) is 9.59 Å². The summed E-state index contributed by atoms with van der Waals surface area (Å²) >= 11 is 0. The molecule has 0 aromatic heterocycles. The molecule has 0 amide bonds. The molecular weight excluding hydrogens is 358 g/mol. The van der Waals surface area contributed by atoms with Crippen LogP contribution in [0.1, 0.15) is 91.8 Å². The van der Waals surface area contributed by atoms with Crippen molar-refractivity contribution < 1.29 is 19.4 Å². The molecule has 0 radical (unpaired) electrons. The Bertz CT molecular complexity index is 570. The van der Waals surface area contributed by atoms with Crippen molar-refractivity contribution in [3.63, 3.8) is 0 Å². The van der Waals surface area contributed by atoms with Gasteiger partial charge in [0.25, 0.3) is 0 Å². The largest absolute Gasteiger partial charge is 0.478 e. The van der Waals surface area contributed by atoms with Gasteiger partial charge < -0.3 is 21.3 Å². The molecule has 7 nitrogen and oxygen atoms in total. The number of nitrogens with one attached hydrogen (secondary N) is 1. The SMILES string of the molecule is CCCCCCCCCCCCOC(=O)c1ccc(C(=O)O)cc1.N=C(N)N. The highest BCUT2D eigenvalue weighted by Crippen LogP contribution is 2.11. The van der Waals surface area contributed by atoms with Crippen molar-refractivity contribution in [3.05, 3.63) is 35.4 Å². The van der Waals surface area contributed by atoms with Crippen molar-refractivity contribution in [2.24, 2.45) is 11.5 Å². The van der Waals surface area contributed by atoms with Crippen LogP contribution in [-0.2, 0) is 4.74 Å². The zero-order valence-electron chi connectivity index (χ0n) is 16.9. The maximum atomic E-state index is 11.8. The number of unbranched alkanes of at least 4 members (excludes halogenated alkanes) is 9. The first-order chi connectivity index (χ1) is 13.4. The Morgan fingerprint density at radius 1 is 0.857 bits per heavy atom. The van der Waals surface area contributed by atoms with Gasteiger partial charge in [0, 0.05) is 0 Å². The number of esters is 1. The van der Waals surface area contributed by atoms with Crippen LogP contribution >= 0.6 is 0 Å².